The van der Waals surface area contributed by atoms with Crippen molar-refractivity contribution in [2.45, 2.75) is 44.2 Å². The number of aromatic nitrogens is 2. The summed E-state index contributed by atoms with van der Waals surface area (Å²) in [5, 5.41) is 0. The van der Waals surface area contributed by atoms with Crippen molar-refractivity contribution in [3.8, 4) is 5.75 Å². The number of ether oxygens (including phenoxy) is 5. The van der Waals surface area contributed by atoms with Crippen LogP contribution in [0.4, 0.5) is 0 Å². The molecule has 10 heteroatoms. The van der Waals surface area contributed by atoms with Crippen LogP contribution in [0.25, 0.3) is 0 Å². The fourth-order valence-electron chi connectivity index (χ4n) is 3.61. The predicted octanol–water partition coefficient (Wildman–Crippen LogP) is 0.820. The third-order valence-corrected chi connectivity index (χ3v) is 4.96. The second-order valence-corrected chi connectivity index (χ2v) is 7.47. The molecule has 1 aromatic carbocycles. The Morgan fingerprint density at radius 1 is 1.13 bits per heavy atom. The van der Waals surface area contributed by atoms with Gasteiger partial charge in [-0.3, -0.25) is 14.3 Å². The quantitative estimate of drug-likeness (QED) is 0.709. The standard InChI is InChI=1S/C20H22N2O8/c1-20(2)29-15-13(10-27-18(24)11-4-6-12(26-3)7-5-11)28-17(16(15)30-20)22-9-8-14(23)21-19(22)25/h4-9,13,15-17H,10H2,1-3H3,(H,21,23,25)/t13-,15-,16-,17-/m1/s1. The number of H-pyrrole nitrogens is 1. The van der Waals surface area contributed by atoms with Crippen LogP contribution in [0.15, 0.2) is 46.1 Å². The van der Waals surface area contributed by atoms with Gasteiger partial charge in [-0.25, -0.2) is 9.59 Å². The van der Waals surface area contributed by atoms with E-state index in [-0.39, 0.29) is 6.61 Å². The molecule has 0 amide bonds. The maximum Gasteiger partial charge on any atom is 0.338 e. The smallest absolute Gasteiger partial charge is 0.338 e. The summed E-state index contributed by atoms with van der Waals surface area (Å²) >= 11 is 0. The van der Waals surface area contributed by atoms with Crippen molar-refractivity contribution in [3.63, 3.8) is 0 Å². The number of rotatable bonds is 5. The molecule has 3 heterocycles. The van der Waals surface area contributed by atoms with Crippen LogP contribution in [0, 0.1) is 0 Å². The van der Waals surface area contributed by atoms with Crippen molar-refractivity contribution in [1.82, 2.24) is 9.55 Å². The average Bonchev–Trinajstić information content (AvgIpc) is 3.19. The van der Waals surface area contributed by atoms with Crippen molar-refractivity contribution in [1.29, 1.82) is 0 Å². The molecule has 2 aliphatic heterocycles. The Labute approximate surface area is 171 Å². The predicted molar refractivity (Wildman–Crippen MR) is 102 cm³/mol. The SMILES string of the molecule is COc1ccc(C(=O)OC[C@H]2O[C@@H](n3ccc(=O)[nH]c3=O)[C@@H]3OC(C)(C)O[C@@H]32)cc1. The second kappa shape index (κ2) is 7.71. The number of benzene rings is 1. The van der Waals surface area contributed by atoms with E-state index in [1.165, 1.54) is 23.9 Å². The Morgan fingerprint density at radius 3 is 2.50 bits per heavy atom. The molecule has 2 aromatic rings. The van der Waals surface area contributed by atoms with Crippen molar-refractivity contribution < 1.29 is 28.5 Å². The summed E-state index contributed by atoms with van der Waals surface area (Å²) in [6.07, 6.45) is -1.35. The van der Waals surface area contributed by atoms with Crippen molar-refractivity contribution in [2.24, 2.45) is 0 Å². The first-order chi connectivity index (χ1) is 14.3. The minimum Gasteiger partial charge on any atom is -0.497 e. The second-order valence-electron chi connectivity index (χ2n) is 7.47. The van der Waals surface area contributed by atoms with E-state index in [9.17, 15) is 14.4 Å². The molecule has 2 aliphatic rings. The van der Waals surface area contributed by atoms with Crippen LogP contribution >= 0.6 is 0 Å². The van der Waals surface area contributed by atoms with Crippen LogP contribution in [-0.2, 0) is 18.9 Å². The normalized spacial score (nSPS) is 26.9. The molecular formula is C20H22N2O8. The number of esters is 1. The third kappa shape index (κ3) is 3.89. The number of nitrogens with one attached hydrogen (secondary N) is 1. The number of hydrogen-bond acceptors (Lipinski definition) is 8. The Bertz CT molecular complexity index is 1040. The Morgan fingerprint density at radius 2 is 1.83 bits per heavy atom. The lowest BCUT2D eigenvalue weighted by Gasteiger charge is -2.24. The molecule has 0 aliphatic carbocycles. The summed E-state index contributed by atoms with van der Waals surface area (Å²) < 4.78 is 29.5. The van der Waals surface area contributed by atoms with Gasteiger partial charge in [0.1, 0.15) is 30.7 Å². The number of carbonyl (C=O) groups is 1. The van der Waals surface area contributed by atoms with Gasteiger partial charge in [-0.1, -0.05) is 0 Å². The van der Waals surface area contributed by atoms with Crippen molar-refractivity contribution in [2.75, 3.05) is 13.7 Å². The topological polar surface area (TPSA) is 118 Å². The highest BCUT2D eigenvalue weighted by Crippen LogP contribution is 2.42. The molecule has 10 nitrogen and oxygen atoms in total. The van der Waals surface area contributed by atoms with E-state index < -0.39 is 47.5 Å². The van der Waals surface area contributed by atoms with Crippen LogP contribution in [0.1, 0.15) is 30.4 Å². The molecule has 30 heavy (non-hydrogen) atoms. The van der Waals surface area contributed by atoms with Crippen LogP contribution in [-0.4, -0.2) is 53.3 Å². The summed E-state index contributed by atoms with van der Waals surface area (Å²) in [6, 6.07) is 7.74. The zero-order chi connectivity index (χ0) is 21.5. The summed E-state index contributed by atoms with van der Waals surface area (Å²) in [4.78, 5) is 38.2. The molecule has 1 N–H and O–H groups in total. The van der Waals surface area contributed by atoms with E-state index in [0.29, 0.717) is 11.3 Å². The highest BCUT2D eigenvalue weighted by Gasteiger charge is 2.56. The van der Waals surface area contributed by atoms with Gasteiger partial charge in [0.05, 0.1) is 12.7 Å². The van der Waals surface area contributed by atoms with Gasteiger partial charge in [-0.2, -0.15) is 0 Å². The minimum atomic E-state index is -0.901. The maximum atomic E-state index is 12.4. The van der Waals surface area contributed by atoms with E-state index in [4.69, 9.17) is 23.7 Å². The number of nitrogens with zero attached hydrogens (tertiary/aromatic N) is 1. The zero-order valence-electron chi connectivity index (χ0n) is 16.7. The number of carbonyl (C=O) groups excluding carboxylic acids is 1. The molecule has 160 valence electrons. The van der Waals surface area contributed by atoms with Crippen molar-refractivity contribution >= 4 is 5.97 Å². The van der Waals surface area contributed by atoms with Crippen LogP contribution < -0.4 is 16.0 Å². The van der Waals surface area contributed by atoms with Crippen LogP contribution in [0.2, 0.25) is 0 Å². The van der Waals surface area contributed by atoms with Gasteiger partial charge in [0.2, 0.25) is 0 Å². The molecule has 0 saturated carbocycles. The first-order valence-electron chi connectivity index (χ1n) is 9.41. The van der Waals surface area contributed by atoms with Gasteiger partial charge in [0.25, 0.3) is 5.56 Å². The first kappa shape index (κ1) is 20.3. The lowest BCUT2D eigenvalue weighted by Crippen LogP contribution is -2.37. The molecular weight excluding hydrogens is 396 g/mol. The summed E-state index contributed by atoms with van der Waals surface area (Å²) in [7, 11) is 1.54. The Kier molecular flexibility index (Phi) is 5.22. The largest absolute Gasteiger partial charge is 0.497 e. The van der Waals surface area contributed by atoms with Gasteiger partial charge in [-0.15, -0.1) is 0 Å². The van der Waals surface area contributed by atoms with E-state index in [1.54, 1.807) is 38.1 Å². The Hall–Kier alpha value is -2.95. The summed E-state index contributed by atoms with van der Waals surface area (Å²) in [5.41, 5.74) is -0.780. The highest BCUT2D eigenvalue weighted by molar-refractivity contribution is 5.89. The third-order valence-electron chi connectivity index (χ3n) is 4.96. The summed E-state index contributed by atoms with van der Waals surface area (Å²) in [6.45, 7) is 3.40. The molecule has 0 radical (unpaired) electrons. The van der Waals surface area contributed by atoms with Gasteiger partial charge in [0.15, 0.2) is 12.0 Å². The Balaban J connectivity index is 1.51. The average molecular weight is 418 g/mol. The monoisotopic (exact) mass is 418 g/mol. The number of hydrogen-bond donors (Lipinski definition) is 1. The molecule has 2 saturated heterocycles. The van der Waals surface area contributed by atoms with Gasteiger partial charge >= 0.3 is 11.7 Å². The van der Waals surface area contributed by atoms with Crippen molar-refractivity contribution in [3.05, 3.63) is 62.9 Å². The van der Waals surface area contributed by atoms with E-state index in [2.05, 4.69) is 4.98 Å². The van der Waals surface area contributed by atoms with Gasteiger partial charge in [-0.05, 0) is 38.1 Å². The fraction of sp³-hybridized carbons (Fsp3) is 0.450. The molecule has 0 bridgehead atoms. The number of methoxy groups -OCH3 is 1. The minimum absolute atomic E-state index is 0.0971. The molecule has 0 unspecified atom stereocenters. The molecule has 4 rings (SSSR count). The van der Waals surface area contributed by atoms with E-state index in [0.717, 1.165) is 0 Å². The number of fused-ring (bicyclic) bond motifs is 1. The molecule has 1 aromatic heterocycles. The number of aromatic amines is 1. The highest BCUT2D eigenvalue weighted by atomic mass is 16.8. The van der Waals surface area contributed by atoms with Crippen LogP contribution in [0.5, 0.6) is 5.75 Å². The summed E-state index contributed by atoms with van der Waals surface area (Å²) in [5.74, 6) is -0.802. The van der Waals surface area contributed by atoms with E-state index >= 15 is 0 Å². The fourth-order valence-corrected chi connectivity index (χ4v) is 3.61. The van der Waals surface area contributed by atoms with Crippen LogP contribution in [0.3, 0.4) is 0 Å². The lowest BCUT2D eigenvalue weighted by molar-refractivity contribution is -0.200. The first-order valence-corrected chi connectivity index (χ1v) is 9.41. The van der Waals surface area contributed by atoms with Gasteiger partial charge in [0, 0.05) is 12.3 Å². The lowest BCUT2D eigenvalue weighted by atomic mass is 10.1. The van der Waals surface area contributed by atoms with Gasteiger partial charge < -0.3 is 23.7 Å². The maximum absolute atomic E-state index is 12.4. The molecule has 0 spiro atoms. The zero-order valence-corrected chi connectivity index (χ0v) is 16.7. The molecule has 2 fully saturated rings. The van der Waals surface area contributed by atoms with E-state index in [1.807, 2.05) is 0 Å². The molecule has 4 atom stereocenters.